The fourth-order valence-electron chi connectivity index (χ4n) is 1.06. The maximum Gasteiger partial charge on any atom is 0.183 e. The van der Waals surface area contributed by atoms with Gasteiger partial charge in [0.2, 0.25) is 0 Å². The Hall–Kier alpha value is 0.280. The van der Waals surface area contributed by atoms with Crippen molar-refractivity contribution in [3.63, 3.8) is 0 Å². The van der Waals surface area contributed by atoms with Crippen molar-refractivity contribution in [2.24, 2.45) is 0 Å². The Kier molecular flexibility index (Phi) is 3.45. The molecule has 0 spiro atoms. The molecular formula is C6H11BrO5. The lowest BCUT2D eigenvalue weighted by Crippen LogP contribution is -2.57. The van der Waals surface area contributed by atoms with Crippen LogP contribution in [0.15, 0.2) is 0 Å². The summed E-state index contributed by atoms with van der Waals surface area (Å²) in [5.41, 5.74) is 0. The first-order valence-corrected chi connectivity index (χ1v) is 4.63. The number of rotatable bonds is 1. The molecule has 1 aliphatic rings. The topological polar surface area (TPSA) is 90.2 Å². The highest BCUT2D eigenvalue weighted by Crippen LogP contribution is 2.20. The average Bonchev–Trinajstić information content (AvgIpc) is 2.08. The third-order valence-electron chi connectivity index (χ3n) is 1.84. The Morgan fingerprint density at radius 1 is 1.00 bits per heavy atom. The summed E-state index contributed by atoms with van der Waals surface area (Å²) in [6.45, 7) is 0. The van der Waals surface area contributed by atoms with Crippen LogP contribution in [0, 0.1) is 0 Å². The van der Waals surface area contributed by atoms with Gasteiger partial charge in [-0.3, -0.25) is 0 Å². The standard InChI is InChI=1S/C6H11BrO5/c7-1-2-3(8)4(9)5(10)6(11)12-2/h2-6,8-11H,1H2/t2?,3-,4+,5?,6+/m1/s1. The molecule has 0 bridgehead atoms. The molecule has 4 N–H and O–H groups in total. The maximum atomic E-state index is 9.25. The number of aliphatic hydroxyl groups excluding tert-OH is 4. The van der Waals surface area contributed by atoms with Gasteiger partial charge in [-0.25, -0.2) is 0 Å². The van der Waals surface area contributed by atoms with Crippen LogP contribution in [0.4, 0.5) is 0 Å². The zero-order chi connectivity index (χ0) is 9.30. The first kappa shape index (κ1) is 10.4. The number of halogens is 1. The first-order chi connectivity index (χ1) is 5.57. The summed E-state index contributed by atoms with van der Waals surface area (Å²) in [6, 6.07) is 0. The third-order valence-corrected chi connectivity index (χ3v) is 2.48. The molecule has 2 unspecified atom stereocenters. The van der Waals surface area contributed by atoms with E-state index in [1.165, 1.54) is 0 Å². The molecule has 1 heterocycles. The van der Waals surface area contributed by atoms with Crippen molar-refractivity contribution in [2.75, 3.05) is 5.33 Å². The summed E-state index contributed by atoms with van der Waals surface area (Å²) in [5.74, 6) is 0. The van der Waals surface area contributed by atoms with Gasteiger partial charge in [0, 0.05) is 5.33 Å². The molecule has 1 rings (SSSR count). The molecular weight excluding hydrogens is 232 g/mol. The fraction of sp³-hybridized carbons (Fsp3) is 1.00. The number of aliphatic hydroxyl groups is 4. The molecule has 0 aromatic heterocycles. The van der Waals surface area contributed by atoms with Crippen LogP contribution in [-0.4, -0.2) is 56.5 Å². The Morgan fingerprint density at radius 3 is 2.08 bits per heavy atom. The van der Waals surface area contributed by atoms with Gasteiger partial charge in [0.1, 0.15) is 18.3 Å². The van der Waals surface area contributed by atoms with E-state index in [1.807, 2.05) is 0 Å². The summed E-state index contributed by atoms with van der Waals surface area (Å²) < 4.78 is 4.78. The largest absolute Gasteiger partial charge is 0.388 e. The molecule has 1 fully saturated rings. The van der Waals surface area contributed by atoms with Gasteiger partial charge in [-0.15, -0.1) is 0 Å². The van der Waals surface area contributed by atoms with Gasteiger partial charge in [-0.05, 0) is 0 Å². The monoisotopic (exact) mass is 242 g/mol. The summed E-state index contributed by atoms with van der Waals surface area (Å²) in [7, 11) is 0. The lowest BCUT2D eigenvalue weighted by Gasteiger charge is -2.37. The Balaban J connectivity index is 2.63. The molecule has 0 aromatic carbocycles. The molecule has 5 nitrogen and oxygen atoms in total. The lowest BCUT2D eigenvalue weighted by atomic mass is 10.0. The summed E-state index contributed by atoms with van der Waals surface area (Å²) >= 11 is 3.04. The smallest absolute Gasteiger partial charge is 0.183 e. The van der Waals surface area contributed by atoms with Crippen LogP contribution in [-0.2, 0) is 4.74 Å². The Bertz CT molecular complexity index is 150. The van der Waals surface area contributed by atoms with Gasteiger partial charge in [0.25, 0.3) is 0 Å². The summed E-state index contributed by atoms with van der Waals surface area (Å²) in [4.78, 5) is 0. The molecule has 1 aliphatic heterocycles. The normalized spacial score (nSPS) is 49.2. The second kappa shape index (κ2) is 3.99. The van der Waals surface area contributed by atoms with Crippen molar-refractivity contribution in [3.05, 3.63) is 0 Å². The van der Waals surface area contributed by atoms with Crippen LogP contribution < -0.4 is 0 Å². The van der Waals surface area contributed by atoms with Crippen LogP contribution in [0.5, 0.6) is 0 Å². The van der Waals surface area contributed by atoms with Crippen molar-refractivity contribution in [1.29, 1.82) is 0 Å². The van der Waals surface area contributed by atoms with Gasteiger partial charge in [0.05, 0.1) is 6.10 Å². The number of hydrogen-bond donors (Lipinski definition) is 4. The SMILES string of the molecule is OC1[C@@H](O)[C@H](O)C(CBr)O[C@@H]1O. The van der Waals surface area contributed by atoms with Crippen molar-refractivity contribution in [3.8, 4) is 0 Å². The second-order valence-electron chi connectivity index (χ2n) is 2.69. The second-order valence-corrected chi connectivity index (χ2v) is 3.34. The molecule has 0 amide bonds. The summed E-state index contributed by atoms with van der Waals surface area (Å²) in [6.07, 6.45) is -6.13. The molecule has 0 aliphatic carbocycles. The highest BCUT2D eigenvalue weighted by atomic mass is 79.9. The molecule has 12 heavy (non-hydrogen) atoms. The van der Waals surface area contributed by atoms with Crippen molar-refractivity contribution >= 4 is 15.9 Å². The molecule has 5 atom stereocenters. The summed E-state index contributed by atoms with van der Waals surface area (Å²) in [5, 5.41) is 36.7. The zero-order valence-corrected chi connectivity index (χ0v) is 7.75. The van der Waals surface area contributed by atoms with E-state index >= 15 is 0 Å². The van der Waals surface area contributed by atoms with Gasteiger partial charge in [-0.2, -0.15) is 0 Å². The Labute approximate surface area is 77.7 Å². The van der Waals surface area contributed by atoms with Crippen LogP contribution in [0.25, 0.3) is 0 Å². The molecule has 0 radical (unpaired) electrons. The third kappa shape index (κ3) is 1.78. The minimum absolute atomic E-state index is 0.287. The van der Waals surface area contributed by atoms with E-state index in [0.29, 0.717) is 0 Å². The average molecular weight is 243 g/mol. The van der Waals surface area contributed by atoms with E-state index in [1.54, 1.807) is 0 Å². The predicted octanol–water partition coefficient (Wildman–Crippen LogP) is -1.82. The highest BCUT2D eigenvalue weighted by molar-refractivity contribution is 9.09. The molecule has 0 aromatic rings. The number of hydrogen-bond acceptors (Lipinski definition) is 5. The van der Waals surface area contributed by atoms with E-state index in [0.717, 1.165) is 0 Å². The van der Waals surface area contributed by atoms with Crippen molar-refractivity contribution in [2.45, 2.75) is 30.7 Å². The zero-order valence-electron chi connectivity index (χ0n) is 6.17. The van der Waals surface area contributed by atoms with Crippen LogP contribution in [0.1, 0.15) is 0 Å². The maximum absolute atomic E-state index is 9.25. The Morgan fingerprint density at radius 2 is 1.58 bits per heavy atom. The fourth-order valence-corrected chi connectivity index (χ4v) is 1.59. The minimum Gasteiger partial charge on any atom is -0.388 e. The predicted molar refractivity (Wildman–Crippen MR) is 42.7 cm³/mol. The van der Waals surface area contributed by atoms with Gasteiger partial charge in [0.15, 0.2) is 6.29 Å². The number of alkyl halides is 1. The van der Waals surface area contributed by atoms with E-state index in [-0.39, 0.29) is 5.33 Å². The van der Waals surface area contributed by atoms with E-state index in [9.17, 15) is 5.11 Å². The minimum atomic E-state index is -1.45. The van der Waals surface area contributed by atoms with Crippen LogP contribution >= 0.6 is 15.9 Å². The van der Waals surface area contributed by atoms with E-state index < -0.39 is 30.7 Å². The van der Waals surface area contributed by atoms with Crippen molar-refractivity contribution < 1.29 is 25.2 Å². The van der Waals surface area contributed by atoms with Gasteiger partial charge >= 0.3 is 0 Å². The molecule has 72 valence electrons. The molecule has 6 heteroatoms. The molecule has 1 saturated heterocycles. The number of ether oxygens (including phenoxy) is 1. The van der Waals surface area contributed by atoms with Crippen molar-refractivity contribution in [1.82, 2.24) is 0 Å². The quantitative estimate of drug-likeness (QED) is 0.407. The lowest BCUT2D eigenvalue weighted by molar-refractivity contribution is -0.276. The van der Waals surface area contributed by atoms with Crippen LogP contribution in [0.2, 0.25) is 0 Å². The van der Waals surface area contributed by atoms with Gasteiger partial charge < -0.3 is 25.2 Å². The molecule has 0 saturated carbocycles. The highest BCUT2D eigenvalue weighted by Gasteiger charge is 2.42. The van der Waals surface area contributed by atoms with E-state index in [2.05, 4.69) is 15.9 Å². The van der Waals surface area contributed by atoms with Gasteiger partial charge in [-0.1, -0.05) is 15.9 Å². The van der Waals surface area contributed by atoms with E-state index in [4.69, 9.17) is 20.1 Å². The van der Waals surface area contributed by atoms with Crippen LogP contribution in [0.3, 0.4) is 0 Å². The first-order valence-electron chi connectivity index (χ1n) is 3.51.